The molecule has 0 aromatic heterocycles. The maximum atomic E-state index is 12.8. The van der Waals surface area contributed by atoms with E-state index in [1.165, 1.54) is 12.2 Å². The number of carbonyl (C=O) groups is 2. The first-order chi connectivity index (χ1) is 13.9. The quantitative estimate of drug-likeness (QED) is 0.475. The van der Waals surface area contributed by atoms with Gasteiger partial charge in [-0.2, -0.15) is 4.31 Å². The molecule has 0 unspecified atom stereocenters. The summed E-state index contributed by atoms with van der Waals surface area (Å²) in [7, 11) is -3.49. The highest BCUT2D eigenvalue weighted by atomic mass is 32.2. The second-order valence-electron chi connectivity index (χ2n) is 6.89. The van der Waals surface area contributed by atoms with Gasteiger partial charge in [-0.25, -0.2) is 13.2 Å². The molecule has 0 spiro atoms. The van der Waals surface area contributed by atoms with E-state index in [9.17, 15) is 18.0 Å². The average molecular weight is 423 g/mol. The van der Waals surface area contributed by atoms with Crippen LogP contribution in [0.4, 0.5) is 0 Å². The van der Waals surface area contributed by atoms with Gasteiger partial charge in [0.2, 0.25) is 10.0 Å². The molecule has 1 amide bonds. The van der Waals surface area contributed by atoms with Gasteiger partial charge < -0.3 is 9.64 Å². The van der Waals surface area contributed by atoms with Crippen molar-refractivity contribution in [2.75, 3.05) is 32.8 Å². The van der Waals surface area contributed by atoms with E-state index < -0.39 is 16.0 Å². The van der Waals surface area contributed by atoms with Gasteiger partial charge in [0.25, 0.3) is 5.91 Å². The molecule has 160 valence electrons. The Hall–Kier alpha value is -2.19. The second kappa shape index (κ2) is 11.1. The summed E-state index contributed by atoms with van der Waals surface area (Å²) in [6.45, 7) is 5.67. The third kappa shape index (κ3) is 6.68. The van der Waals surface area contributed by atoms with Gasteiger partial charge in [-0.1, -0.05) is 25.0 Å². The lowest BCUT2D eigenvalue weighted by Crippen LogP contribution is -2.34. The first-order valence-corrected chi connectivity index (χ1v) is 11.5. The highest BCUT2D eigenvalue weighted by molar-refractivity contribution is 7.89. The van der Waals surface area contributed by atoms with E-state index >= 15 is 0 Å². The zero-order valence-electron chi connectivity index (χ0n) is 17.2. The minimum absolute atomic E-state index is 0.236. The Balaban J connectivity index is 1.94. The van der Waals surface area contributed by atoms with Crippen LogP contribution in [0, 0.1) is 0 Å². The fourth-order valence-electron chi connectivity index (χ4n) is 3.19. The molecular weight excluding hydrogens is 392 g/mol. The lowest BCUT2D eigenvalue weighted by atomic mass is 10.2. The highest BCUT2D eigenvalue weighted by Crippen LogP contribution is 2.21. The molecule has 1 aliphatic heterocycles. The smallest absolute Gasteiger partial charge is 0.331 e. The van der Waals surface area contributed by atoms with Crippen LogP contribution in [0.15, 0.2) is 35.2 Å². The van der Waals surface area contributed by atoms with Crippen molar-refractivity contribution < 1.29 is 22.7 Å². The Bertz CT molecular complexity index is 806. The summed E-state index contributed by atoms with van der Waals surface area (Å²) in [5.41, 5.74) is 0.673. The van der Waals surface area contributed by atoms with Gasteiger partial charge in [-0.05, 0) is 50.5 Å². The molecule has 0 N–H and O–H groups in total. The molecule has 29 heavy (non-hydrogen) atoms. The predicted octanol–water partition coefficient (Wildman–Crippen LogP) is 2.68. The monoisotopic (exact) mass is 422 g/mol. The number of sulfonamides is 1. The Morgan fingerprint density at radius 2 is 1.62 bits per heavy atom. The predicted molar refractivity (Wildman–Crippen MR) is 112 cm³/mol. The van der Waals surface area contributed by atoms with Crippen LogP contribution in [0.5, 0.6) is 0 Å². The molecule has 0 aliphatic carbocycles. The van der Waals surface area contributed by atoms with Gasteiger partial charge >= 0.3 is 5.97 Å². The molecule has 0 bridgehead atoms. The Kier molecular flexibility index (Phi) is 8.85. The summed E-state index contributed by atoms with van der Waals surface area (Å²) in [5.74, 6) is -0.855. The molecule has 0 radical (unpaired) electrons. The first-order valence-electron chi connectivity index (χ1n) is 10.1. The molecule has 1 heterocycles. The number of esters is 1. The number of rotatable bonds is 8. The number of hydrogen-bond acceptors (Lipinski definition) is 5. The minimum atomic E-state index is -3.49. The fraction of sp³-hybridized carbons (Fsp3) is 0.524. The van der Waals surface area contributed by atoms with Gasteiger partial charge in [-0.3, -0.25) is 4.79 Å². The topological polar surface area (TPSA) is 84.0 Å². The van der Waals surface area contributed by atoms with Crippen molar-refractivity contribution in [2.45, 2.75) is 44.4 Å². The number of benzene rings is 1. The summed E-state index contributed by atoms with van der Waals surface area (Å²) in [4.78, 5) is 25.5. The van der Waals surface area contributed by atoms with Gasteiger partial charge in [0.15, 0.2) is 6.61 Å². The fourth-order valence-corrected chi connectivity index (χ4v) is 4.71. The molecule has 8 heteroatoms. The van der Waals surface area contributed by atoms with E-state index in [1.54, 1.807) is 33.5 Å². The zero-order chi connectivity index (χ0) is 21.3. The number of ether oxygens (including phenoxy) is 1. The number of hydrogen-bond donors (Lipinski definition) is 0. The van der Waals surface area contributed by atoms with E-state index in [4.69, 9.17) is 4.74 Å². The van der Waals surface area contributed by atoms with Gasteiger partial charge in [-0.15, -0.1) is 0 Å². The summed E-state index contributed by atoms with van der Waals surface area (Å²) >= 11 is 0. The standard InChI is InChI=1S/C21H30N2O5S/c1-3-22(4-2)20(24)17-28-21(25)14-11-18-9-12-19(13-10-18)29(26,27)23-15-7-5-6-8-16-23/h9-14H,3-8,15-17H2,1-2H3/b14-11+. The van der Waals surface area contributed by atoms with Crippen molar-refractivity contribution in [1.82, 2.24) is 9.21 Å². The lowest BCUT2D eigenvalue weighted by Gasteiger charge is -2.19. The van der Waals surface area contributed by atoms with Crippen LogP contribution >= 0.6 is 0 Å². The van der Waals surface area contributed by atoms with Gasteiger partial charge in [0.1, 0.15) is 0 Å². The molecule has 1 fully saturated rings. The number of amides is 1. The molecule has 7 nitrogen and oxygen atoms in total. The molecule has 1 aromatic carbocycles. The maximum absolute atomic E-state index is 12.8. The third-order valence-electron chi connectivity index (χ3n) is 4.95. The molecule has 1 saturated heterocycles. The molecular formula is C21H30N2O5S. The van der Waals surface area contributed by atoms with Crippen molar-refractivity contribution in [3.8, 4) is 0 Å². The molecule has 0 atom stereocenters. The van der Waals surface area contributed by atoms with Crippen LogP contribution in [-0.2, 0) is 24.3 Å². The third-order valence-corrected chi connectivity index (χ3v) is 6.86. The number of likely N-dealkylation sites (N-methyl/N-ethyl adjacent to an activating group) is 1. The Labute approximate surface area is 173 Å². The SMILES string of the molecule is CCN(CC)C(=O)COC(=O)/C=C/c1ccc(S(=O)(=O)N2CCCCCC2)cc1. The summed E-state index contributed by atoms with van der Waals surface area (Å²) in [6, 6.07) is 6.40. The summed E-state index contributed by atoms with van der Waals surface area (Å²) in [6.07, 6.45) is 6.66. The van der Waals surface area contributed by atoms with Crippen molar-refractivity contribution in [3.05, 3.63) is 35.9 Å². The van der Waals surface area contributed by atoms with Crippen LogP contribution in [-0.4, -0.2) is 62.3 Å². The van der Waals surface area contributed by atoms with Crippen molar-refractivity contribution in [2.24, 2.45) is 0 Å². The molecule has 1 aromatic rings. The van der Waals surface area contributed by atoms with E-state index in [0.29, 0.717) is 31.7 Å². The van der Waals surface area contributed by atoms with E-state index in [2.05, 4.69) is 0 Å². The van der Waals surface area contributed by atoms with E-state index in [1.807, 2.05) is 13.8 Å². The number of nitrogens with zero attached hydrogens (tertiary/aromatic N) is 2. The largest absolute Gasteiger partial charge is 0.452 e. The number of carbonyl (C=O) groups excluding carboxylic acids is 2. The van der Waals surface area contributed by atoms with Crippen molar-refractivity contribution in [1.29, 1.82) is 0 Å². The van der Waals surface area contributed by atoms with E-state index in [-0.39, 0.29) is 17.4 Å². The van der Waals surface area contributed by atoms with Crippen LogP contribution in [0.1, 0.15) is 45.1 Å². The van der Waals surface area contributed by atoms with Crippen LogP contribution in [0.3, 0.4) is 0 Å². The minimum Gasteiger partial charge on any atom is -0.452 e. The zero-order valence-corrected chi connectivity index (χ0v) is 18.0. The molecule has 2 rings (SSSR count). The normalized spacial score (nSPS) is 15.8. The Morgan fingerprint density at radius 1 is 1.03 bits per heavy atom. The van der Waals surface area contributed by atoms with Crippen LogP contribution in [0.2, 0.25) is 0 Å². The van der Waals surface area contributed by atoms with Crippen molar-refractivity contribution >= 4 is 28.0 Å². The second-order valence-corrected chi connectivity index (χ2v) is 8.83. The van der Waals surface area contributed by atoms with E-state index in [0.717, 1.165) is 25.7 Å². The molecule has 1 aliphatic rings. The molecule has 0 saturated carbocycles. The first kappa shape index (κ1) is 23.1. The maximum Gasteiger partial charge on any atom is 0.331 e. The van der Waals surface area contributed by atoms with Gasteiger partial charge in [0, 0.05) is 32.3 Å². The highest BCUT2D eigenvalue weighted by Gasteiger charge is 2.24. The van der Waals surface area contributed by atoms with Crippen LogP contribution in [0.25, 0.3) is 6.08 Å². The average Bonchev–Trinajstić information content (AvgIpc) is 3.02. The summed E-state index contributed by atoms with van der Waals surface area (Å²) < 4.78 is 32.0. The Morgan fingerprint density at radius 3 is 2.17 bits per heavy atom. The van der Waals surface area contributed by atoms with Crippen LogP contribution < -0.4 is 0 Å². The van der Waals surface area contributed by atoms with Crippen molar-refractivity contribution in [3.63, 3.8) is 0 Å². The lowest BCUT2D eigenvalue weighted by molar-refractivity contribution is -0.147. The van der Waals surface area contributed by atoms with Gasteiger partial charge in [0.05, 0.1) is 4.90 Å². The summed E-state index contributed by atoms with van der Waals surface area (Å²) in [5, 5.41) is 0.